The smallest absolute Gasteiger partial charge is 0.119 e. The van der Waals surface area contributed by atoms with Gasteiger partial charge >= 0.3 is 0 Å². The molecule has 0 amide bonds. The van der Waals surface area contributed by atoms with Crippen molar-refractivity contribution in [2.45, 2.75) is 12.8 Å². The fourth-order valence-corrected chi connectivity index (χ4v) is 2.65. The summed E-state index contributed by atoms with van der Waals surface area (Å²) in [6.45, 7) is 3.06. The molecule has 2 heteroatoms. The number of hydrogen-bond donors (Lipinski definition) is 1. The van der Waals surface area contributed by atoms with Crippen LogP contribution in [0.3, 0.4) is 0 Å². The first-order valence-corrected chi connectivity index (χ1v) is 7.41. The predicted octanol–water partition coefficient (Wildman–Crippen LogP) is 3.73. The van der Waals surface area contributed by atoms with Gasteiger partial charge in [-0.1, -0.05) is 42.5 Å². The Kier molecular flexibility index (Phi) is 4.34. The van der Waals surface area contributed by atoms with Crippen LogP contribution in [-0.4, -0.2) is 19.7 Å². The van der Waals surface area contributed by atoms with Gasteiger partial charge in [0.15, 0.2) is 0 Å². The van der Waals surface area contributed by atoms with E-state index in [2.05, 4.69) is 53.8 Å². The third kappa shape index (κ3) is 3.40. The second-order valence-electron chi connectivity index (χ2n) is 5.41. The molecular weight excluding hydrogens is 246 g/mol. The number of rotatable bonds is 4. The lowest BCUT2D eigenvalue weighted by Gasteiger charge is -2.22. The summed E-state index contributed by atoms with van der Waals surface area (Å²) in [5.41, 5.74) is 2.48. The van der Waals surface area contributed by atoms with Crippen LogP contribution < -0.4 is 10.1 Å². The monoisotopic (exact) mass is 267 g/mol. The number of benzene rings is 2. The summed E-state index contributed by atoms with van der Waals surface area (Å²) >= 11 is 0. The fraction of sp³-hybridized carbons (Fsp3) is 0.333. The number of ether oxygens (including phenoxy) is 1. The van der Waals surface area contributed by atoms with Crippen LogP contribution in [0.15, 0.2) is 54.6 Å². The summed E-state index contributed by atoms with van der Waals surface area (Å²) in [5, 5.41) is 3.42. The molecule has 1 saturated heterocycles. The van der Waals surface area contributed by atoms with Gasteiger partial charge in [0.2, 0.25) is 0 Å². The highest BCUT2D eigenvalue weighted by atomic mass is 16.5. The quantitative estimate of drug-likeness (QED) is 0.911. The van der Waals surface area contributed by atoms with E-state index in [1.165, 1.54) is 24.0 Å². The normalized spacial score (nSPS) is 18.7. The van der Waals surface area contributed by atoms with Crippen molar-refractivity contribution in [3.05, 3.63) is 54.6 Å². The molecule has 2 aromatic carbocycles. The van der Waals surface area contributed by atoms with Crippen LogP contribution in [0.1, 0.15) is 12.8 Å². The maximum atomic E-state index is 5.90. The van der Waals surface area contributed by atoms with Crippen LogP contribution in [0.4, 0.5) is 0 Å². The van der Waals surface area contributed by atoms with Crippen LogP contribution in [0, 0.1) is 5.92 Å². The Morgan fingerprint density at radius 2 is 1.70 bits per heavy atom. The molecule has 0 saturated carbocycles. The lowest BCUT2D eigenvalue weighted by atomic mass is 10.0. The Morgan fingerprint density at radius 3 is 2.40 bits per heavy atom. The molecule has 3 rings (SSSR count). The van der Waals surface area contributed by atoms with Gasteiger partial charge in [0.25, 0.3) is 0 Å². The van der Waals surface area contributed by atoms with Gasteiger partial charge in [0.1, 0.15) is 5.75 Å². The van der Waals surface area contributed by atoms with Crippen molar-refractivity contribution in [1.29, 1.82) is 0 Å². The molecule has 1 aliphatic rings. The number of hydrogen-bond acceptors (Lipinski definition) is 2. The van der Waals surface area contributed by atoms with Crippen molar-refractivity contribution in [3.8, 4) is 16.9 Å². The Balaban J connectivity index is 1.58. The van der Waals surface area contributed by atoms with Crippen molar-refractivity contribution in [1.82, 2.24) is 5.32 Å². The standard InChI is InChI=1S/C18H21NO/c1-2-6-16(7-3-1)17-8-10-18(11-9-17)20-14-15-5-4-12-19-13-15/h1-3,6-11,15,19H,4-5,12-14H2/t15-/m0/s1. The second kappa shape index (κ2) is 6.58. The van der Waals surface area contributed by atoms with Gasteiger partial charge in [0.05, 0.1) is 6.61 Å². The van der Waals surface area contributed by atoms with Gasteiger partial charge in [-0.3, -0.25) is 0 Å². The lowest BCUT2D eigenvalue weighted by molar-refractivity contribution is 0.218. The van der Waals surface area contributed by atoms with Gasteiger partial charge in [-0.05, 0) is 42.6 Å². The van der Waals surface area contributed by atoms with E-state index >= 15 is 0 Å². The Morgan fingerprint density at radius 1 is 0.950 bits per heavy atom. The minimum atomic E-state index is 0.651. The molecule has 1 fully saturated rings. The summed E-state index contributed by atoms with van der Waals surface area (Å²) in [6.07, 6.45) is 2.54. The van der Waals surface area contributed by atoms with Gasteiger partial charge in [-0.2, -0.15) is 0 Å². The lowest BCUT2D eigenvalue weighted by Crippen LogP contribution is -2.33. The van der Waals surface area contributed by atoms with E-state index in [1.54, 1.807) is 0 Å². The fourth-order valence-electron chi connectivity index (χ4n) is 2.65. The number of piperidine rings is 1. The Bertz CT molecular complexity index is 515. The van der Waals surface area contributed by atoms with Crippen LogP contribution in [0.5, 0.6) is 5.75 Å². The third-order valence-electron chi connectivity index (χ3n) is 3.85. The second-order valence-corrected chi connectivity index (χ2v) is 5.41. The van der Waals surface area contributed by atoms with E-state index in [0.717, 1.165) is 25.4 Å². The van der Waals surface area contributed by atoms with Crippen molar-refractivity contribution in [2.24, 2.45) is 5.92 Å². The van der Waals surface area contributed by atoms with Crippen LogP contribution in [0.2, 0.25) is 0 Å². The molecule has 0 spiro atoms. The Hall–Kier alpha value is -1.80. The van der Waals surface area contributed by atoms with Crippen LogP contribution >= 0.6 is 0 Å². The molecule has 1 N–H and O–H groups in total. The van der Waals surface area contributed by atoms with E-state index < -0.39 is 0 Å². The van der Waals surface area contributed by atoms with Crippen LogP contribution in [0.25, 0.3) is 11.1 Å². The highest BCUT2D eigenvalue weighted by Crippen LogP contribution is 2.22. The molecule has 2 aromatic rings. The summed E-state index contributed by atoms with van der Waals surface area (Å²) in [6, 6.07) is 18.8. The first-order valence-electron chi connectivity index (χ1n) is 7.41. The molecule has 2 nitrogen and oxygen atoms in total. The van der Waals surface area contributed by atoms with Gasteiger partial charge in [-0.15, -0.1) is 0 Å². The SMILES string of the molecule is c1ccc(-c2ccc(OC[C@H]3CCCNC3)cc2)cc1. The molecule has 0 aromatic heterocycles. The molecule has 0 unspecified atom stereocenters. The van der Waals surface area contributed by atoms with Gasteiger partial charge < -0.3 is 10.1 Å². The van der Waals surface area contributed by atoms with Crippen molar-refractivity contribution in [2.75, 3.05) is 19.7 Å². The zero-order valence-corrected chi connectivity index (χ0v) is 11.7. The molecule has 0 radical (unpaired) electrons. The zero-order chi connectivity index (χ0) is 13.6. The highest BCUT2D eigenvalue weighted by molar-refractivity contribution is 5.63. The van der Waals surface area contributed by atoms with Crippen LogP contribution in [-0.2, 0) is 0 Å². The number of nitrogens with one attached hydrogen (secondary N) is 1. The summed E-state index contributed by atoms with van der Waals surface area (Å²) in [5.74, 6) is 1.62. The molecule has 1 heterocycles. The summed E-state index contributed by atoms with van der Waals surface area (Å²) in [4.78, 5) is 0. The summed E-state index contributed by atoms with van der Waals surface area (Å²) < 4.78 is 5.90. The van der Waals surface area contributed by atoms with E-state index in [-0.39, 0.29) is 0 Å². The van der Waals surface area contributed by atoms with Crippen molar-refractivity contribution in [3.63, 3.8) is 0 Å². The molecule has 0 aliphatic carbocycles. The van der Waals surface area contributed by atoms with E-state index in [9.17, 15) is 0 Å². The Labute approximate surface area is 120 Å². The van der Waals surface area contributed by atoms with E-state index in [0.29, 0.717) is 5.92 Å². The van der Waals surface area contributed by atoms with E-state index in [4.69, 9.17) is 4.74 Å². The third-order valence-corrected chi connectivity index (χ3v) is 3.85. The average molecular weight is 267 g/mol. The highest BCUT2D eigenvalue weighted by Gasteiger charge is 2.13. The summed E-state index contributed by atoms with van der Waals surface area (Å²) in [7, 11) is 0. The minimum Gasteiger partial charge on any atom is -0.493 e. The van der Waals surface area contributed by atoms with Crippen molar-refractivity contribution >= 4 is 0 Å². The maximum Gasteiger partial charge on any atom is 0.119 e. The van der Waals surface area contributed by atoms with E-state index in [1.807, 2.05) is 6.07 Å². The largest absolute Gasteiger partial charge is 0.493 e. The molecule has 1 aliphatic heterocycles. The zero-order valence-electron chi connectivity index (χ0n) is 11.7. The predicted molar refractivity (Wildman–Crippen MR) is 83.0 cm³/mol. The molecule has 0 bridgehead atoms. The van der Waals surface area contributed by atoms with Gasteiger partial charge in [0, 0.05) is 12.5 Å². The topological polar surface area (TPSA) is 21.3 Å². The molecular formula is C18H21NO. The maximum absolute atomic E-state index is 5.90. The molecule has 1 atom stereocenters. The molecule has 104 valence electrons. The molecule has 20 heavy (non-hydrogen) atoms. The van der Waals surface area contributed by atoms with Crippen molar-refractivity contribution < 1.29 is 4.74 Å². The average Bonchev–Trinajstić information content (AvgIpc) is 2.55. The first kappa shape index (κ1) is 13.2. The van der Waals surface area contributed by atoms with Gasteiger partial charge in [-0.25, -0.2) is 0 Å². The first-order chi connectivity index (χ1) is 9.92. The minimum absolute atomic E-state index is 0.651.